The molecule has 1 aliphatic carbocycles. The Morgan fingerprint density at radius 3 is 2.43 bits per heavy atom. The SMILES string of the molecule is CCN(CC)CC#CCCC(=O)C(O)(c1ccccc1)C1CC1. The zero-order valence-corrected chi connectivity index (χ0v) is 14.2. The minimum absolute atomic E-state index is 0.0704. The quantitative estimate of drug-likeness (QED) is 0.750. The summed E-state index contributed by atoms with van der Waals surface area (Å²) in [6, 6.07) is 9.35. The second-order valence-corrected chi connectivity index (χ2v) is 6.14. The molecule has 1 aromatic carbocycles. The van der Waals surface area contributed by atoms with E-state index >= 15 is 0 Å². The summed E-state index contributed by atoms with van der Waals surface area (Å²) >= 11 is 0. The van der Waals surface area contributed by atoms with Crippen LogP contribution in [0.1, 0.15) is 45.1 Å². The van der Waals surface area contributed by atoms with Crippen molar-refractivity contribution in [3.05, 3.63) is 35.9 Å². The molecule has 3 heteroatoms. The molecule has 0 radical (unpaired) electrons. The minimum Gasteiger partial charge on any atom is -0.377 e. The molecule has 0 bridgehead atoms. The minimum atomic E-state index is -1.32. The maximum Gasteiger partial charge on any atom is 0.170 e. The second-order valence-electron chi connectivity index (χ2n) is 6.14. The number of ketones is 1. The molecule has 0 aromatic heterocycles. The van der Waals surface area contributed by atoms with Gasteiger partial charge in [-0.1, -0.05) is 50.1 Å². The van der Waals surface area contributed by atoms with E-state index < -0.39 is 5.60 Å². The number of rotatable bonds is 8. The smallest absolute Gasteiger partial charge is 0.170 e. The molecule has 1 fully saturated rings. The van der Waals surface area contributed by atoms with E-state index in [0.29, 0.717) is 12.8 Å². The molecule has 124 valence electrons. The van der Waals surface area contributed by atoms with Crippen molar-refractivity contribution in [3.63, 3.8) is 0 Å². The lowest BCUT2D eigenvalue weighted by molar-refractivity contribution is -0.140. The highest BCUT2D eigenvalue weighted by Gasteiger charge is 2.49. The topological polar surface area (TPSA) is 40.5 Å². The Hall–Kier alpha value is -1.63. The molecule has 1 N–H and O–H groups in total. The van der Waals surface area contributed by atoms with Crippen LogP contribution in [0.25, 0.3) is 0 Å². The van der Waals surface area contributed by atoms with Gasteiger partial charge in [-0.05, 0) is 37.4 Å². The molecule has 0 aliphatic heterocycles. The number of aliphatic hydroxyl groups is 1. The van der Waals surface area contributed by atoms with Crippen LogP contribution < -0.4 is 0 Å². The van der Waals surface area contributed by atoms with Gasteiger partial charge < -0.3 is 5.11 Å². The summed E-state index contributed by atoms with van der Waals surface area (Å²) in [5, 5.41) is 11.0. The van der Waals surface area contributed by atoms with Crippen LogP contribution >= 0.6 is 0 Å². The van der Waals surface area contributed by atoms with E-state index in [1.165, 1.54) is 0 Å². The molecule has 3 nitrogen and oxygen atoms in total. The molecule has 23 heavy (non-hydrogen) atoms. The highest BCUT2D eigenvalue weighted by molar-refractivity contribution is 5.89. The second kappa shape index (κ2) is 8.29. The highest BCUT2D eigenvalue weighted by Crippen LogP contribution is 2.46. The molecule has 0 heterocycles. The normalized spacial score (nSPS) is 16.5. The lowest BCUT2D eigenvalue weighted by atomic mass is 9.83. The van der Waals surface area contributed by atoms with Gasteiger partial charge in [0.25, 0.3) is 0 Å². The fraction of sp³-hybridized carbons (Fsp3) is 0.550. The summed E-state index contributed by atoms with van der Waals surface area (Å²) in [4.78, 5) is 14.9. The van der Waals surface area contributed by atoms with Crippen molar-refractivity contribution >= 4 is 5.78 Å². The summed E-state index contributed by atoms with van der Waals surface area (Å²) in [6.45, 7) is 6.94. The van der Waals surface area contributed by atoms with Gasteiger partial charge in [-0.2, -0.15) is 0 Å². The zero-order valence-electron chi connectivity index (χ0n) is 14.2. The highest BCUT2D eigenvalue weighted by atomic mass is 16.3. The number of nitrogens with zero attached hydrogens (tertiary/aromatic N) is 1. The zero-order chi connectivity index (χ0) is 16.7. The Bertz CT molecular complexity index is 564. The molecule has 1 unspecified atom stereocenters. The van der Waals surface area contributed by atoms with Crippen molar-refractivity contribution in [3.8, 4) is 11.8 Å². The third-order valence-electron chi connectivity index (χ3n) is 4.61. The number of hydrogen-bond acceptors (Lipinski definition) is 3. The van der Waals surface area contributed by atoms with E-state index in [4.69, 9.17) is 0 Å². The lowest BCUT2D eigenvalue weighted by Crippen LogP contribution is -2.38. The van der Waals surface area contributed by atoms with Crippen LogP contribution in [0.5, 0.6) is 0 Å². The Labute approximate surface area is 139 Å². The van der Waals surface area contributed by atoms with Gasteiger partial charge in [0.2, 0.25) is 0 Å². The van der Waals surface area contributed by atoms with Crippen LogP contribution in [0, 0.1) is 17.8 Å². The molecule has 0 spiro atoms. The van der Waals surface area contributed by atoms with Crippen LogP contribution in [-0.4, -0.2) is 35.4 Å². The van der Waals surface area contributed by atoms with Gasteiger partial charge in [0.15, 0.2) is 11.4 Å². The molecular weight excluding hydrogens is 286 g/mol. The van der Waals surface area contributed by atoms with Crippen LogP contribution in [0.15, 0.2) is 30.3 Å². The maximum atomic E-state index is 12.6. The predicted molar refractivity (Wildman–Crippen MR) is 92.9 cm³/mol. The molecule has 0 saturated heterocycles. The molecule has 1 aliphatic rings. The third-order valence-corrected chi connectivity index (χ3v) is 4.61. The summed E-state index contributed by atoms with van der Waals surface area (Å²) in [7, 11) is 0. The monoisotopic (exact) mass is 313 g/mol. The van der Waals surface area contributed by atoms with Gasteiger partial charge in [-0.25, -0.2) is 0 Å². The van der Waals surface area contributed by atoms with E-state index in [1.807, 2.05) is 30.3 Å². The Morgan fingerprint density at radius 1 is 1.22 bits per heavy atom. The van der Waals surface area contributed by atoms with Crippen molar-refractivity contribution in [2.45, 2.75) is 45.1 Å². The molecular formula is C20H27NO2. The molecule has 0 amide bonds. The number of benzene rings is 1. The first-order valence-corrected chi connectivity index (χ1v) is 8.62. The Kier molecular flexibility index (Phi) is 6.38. The first kappa shape index (κ1) is 17.7. The molecule has 1 aromatic rings. The van der Waals surface area contributed by atoms with E-state index in [9.17, 15) is 9.90 Å². The Morgan fingerprint density at radius 2 is 1.87 bits per heavy atom. The van der Waals surface area contributed by atoms with Gasteiger partial charge in [-0.3, -0.25) is 9.69 Å². The molecule has 1 saturated carbocycles. The third kappa shape index (κ3) is 4.43. The van der Waals surface area contributed by atoms with Crippen molar-refractivity contribution < 1.29 is 9.90 Å². The standard InChI is InChI=1S/C20H27NO2/c1-3-21(4-2)16-10-6-9-13-19(22)20(23,18-14-15-18)17-11-7-5-8-12-17/h5,7-8,11-12,18,23H,3-4,9,13-16H2,1-2H3. The van der Waals surface area contributed by atoms with Crippen LogP contribution in [0.3, 0.4) is 0 Å². The summed E-state index contributed by atoms with van der Waals surface area (Å²) in [5.41, 5.74) is -0.592. The summed E-state index contributed by atoms with van der Waals surface area (Å²) in [5.74, 6) is 6.17. The van der Waals surface area contributed by atoms with Crippen molar-refractivity contribution in [1.82, 2.24) is 4.90 Å². The predicted octanol–water partition coefficient (Wildman–Crippen LogP) is 2.98. The number of carbonyl (C=O) groups is 1. The molecule has 1 atom stereocenters. The van der Waals surface area contributed by atoms with Crippen molar-refractivity contribution in [2.24, 2.45) is 5.92 Å². The Balaban J connectivity index is 1.94. The van der Waals surface area contributed by atoms with Gasteiger partial charge in [0, 0.05) is 12.8 Å². The van der Waals surface area contributed by atoms with E-state index in [0.717, 1.165) is 38.0 Å². The van der Waals surface area contributed by atoms with Gasteiger partial charge in [0.05, 0.1) is 6.54 Å². The van der Waals surface area contributed by atoms with Crippen molar-refractivity contribution in [1.29, 1.82) is 0 Å². The fourth-order valence-corrected chi connectivity index (χ4v) is 2.89. The van der Waals surface area contributed by atoms with E-state index in [2.05, 4.69) is 30.6 Å². The number of Topliss-reactive ketones (excluding diaryl/α,β-unsaturated/α-hetero) is 1. The van der Waals surface area contributed by atoms with E-state index in [1.54, 1.807) is 0 Å². The van der Waals surface area contributed by atoms with Crippen molar-refractivity contribution in [2.75, 3.05) is 19.6 Å². The fourth-order valence-electron chi connectivity index (χ4n) is 2.89. The lowest BCUT2D eigenvalue weighted by Gasteiger charge is -2.27. The number of carbonyl (C=O) groups excluding carboxylic acids is 1. The first-order chi connectivity index (χ1) is 11.1. The average Bonchev–Trinajstić information content (AvgIpc) is 3.43. The first-order valence-electron chi connectivity index (χ1n) is 8.62. The van der Waals surface area contributed by atoms with Crippen LogP contribution in [-0.2, 0) is 10.4 Å². The van der Waals surface area contributed by atoms with Gasteiger partial charge in [-0.15, -0.1) is 5.92 Å². The van der Waals surface area contributed by atoms with Gasteiger partial charge in [0.1, 0.15) is 0 Å². The maximum absolute atomic E-state index is 12.6. The summed E-state index contributed by atoms with van der Waals surface area (Å²) in [6.07, 6.45) is 2.67. The number of hydrogen-bond donors (Lipinski definition) is 1. The largest absolute Gasteiger partial charge is 0.377 e. The summed E-state index contributed by atoms with van der Waals surface area (Å²) < 4.78 is 0. The van der Waals surface area contributed by atoms with E-state index in [-0.39, 0.29) is 11.7 Å². The average molecular weight is 313 g/mol. The van der Waals surface area contributed by atoms with Crippen LogP contribution in [0.2, 0.25) is 0 Å². The van der Waals surface area contributed by atoms with Gasteiger partial charge >= 0.3 is 0 Å². The van der Waals surface area contributed by atoms with Crippen LogP contribution in [0.4, 0.5) is 0 Å². The molecule has 2 rings (SSSR count).